The number of hydrogen-bond acceptors (Lipinski definition) is 2. The second kappa shape index (κ2) is 5.86. The fourth-order valence-corrected chi connectivity index (χ4v) is 2.95. The normalized spacial score (nSPS) is 30.6. The van der Waals surface area contributed by atoms with E-state index in [1.165, 1.54) is 38.5 Å². The summed E-state index contributed by atoms with van der Waals surface area (Å²) in [5.74, 6) is 1.71. The second-order valence-corrected chi connectivity index (χ2v) is 5.32. The van der Waals surface area contributed by atoms with Gasteiger partial charge in [0.15, 0.2) is 0 Å². The van der Waals surface area contributed by atoms with Gasteiger partial charge in [-0.15, -0.1) is 0 Å². The first-order valence-corrected chi connectivity index (χ1v) is 6.67. The maximum Gasteiger partial charge on any atom is 0.0506 e. The molecule has 1 saturated heterocycles. The van der Waals surface area contributed by atoms with Crippen molar-refractivity contribution in [3.8, 4) is 0 Å². The molecule has 1 aliphatic carbocycles. The van der Waals surface area contributed by atoms with E-state index in [0.29, 0.717) is 0 Å². The molecule has 1 N–H and O–H groups in total. The van der Waals surface area contributed by atoms with E-state index < -0.39 is 0 Å². The summed E-state index contributed by atoms with van der Waals surface area (Å²) < 4.78 is 5.50. The molecule has 0 bridgehead atoms. The fraction of sp³-hybridized carbons (Fsp3) is 1.00. The molecule has 0 aromatic heterocycles. The molecule has 0 spiro atoms. The maximum atomic E-state index is 5.50. The van der Waals surface area contributed by atoms with Crippen LogP contribution in [-0.2, 0) is 4.74 Å². The van der Waals surface area contributed by atoms with Gasteiger partial charge in [0.25, 0.3) is 0 Å². The molecule has 1 unspecified atom stereocenters. The minimum absolute atomic E-state index is 0.717. The monoisotopic (exact) mass is 211 g/mol. The predicted molar refractivity (Wildman–Crippen MR) is 63.0 cm³/mol. The predicted octanol–water partition coefficient (Wildman–Crippen LogP) is 2.58. The summed E-state index contributed by atoms with van der Waals surface area (Å²) >= 11 is 0. The molecule has 0 aromatic carbocycles. The van der Waals surface area contributed by atoms with Gasteiger partial charge in [-0.05, 0) is 44.4 Å². The third-order valence-corrected chi connectivity index (χ3v) is 4.09. The minimum atomic E-state index is 0.717. The zero-order chi connectivity index (χ0) is 10.5. The van der Waals surface area contributed by atoms with Crippen molar-refractivity contribution in [1.29, 1.82) is 0 Å². The topological polar surface area (TPSA) is 21.3 Å². The van der Waals surface area contributed by atoms with E-state index in [4.69, 9.17) is 4.74 Å². The van der Waals surface area contributed by atoms with Crippen LogP contribution >= 0.6 is 0 Å². The molecule has 2 fully saturated rings. The number of ether oxygens (including phenoxy) is 1. The van der Waals surface area contributed by atoms with E-state index in [-0.39, 0.29) is 0 Å². The number of nitrogens with one attached hydrogen (secondary N) is 1. The highest BCUT2D eigenvalue weighted by Gasteiger charge is 2.22. The summed E-state index contributed by atoms with van der Waals surface area (Å²) in [6, 6.07) is 0.717. The SMILES string of the molecule is C[C@H](NCC1CCCOC1)C1CCCC1. The van der Waals surface area contributed by atoms with Crippen molar-refractivity contribution in [1.82, 2.24) is 5.32 Å². The van der Waals surface area contributed by atoms with E-state index in [9.17, 15) is 0 Å². The summed E-state index contributed by atoms with van der Waals surface area (Å²) in [6.07, 6.45) is 8.38. The van der Waals surface area contributed by atoms with Gasteiger partial charge in [-0.25, -0.2) is 0 Å². The standard InChI is InChI=1S/C13H25NO/c1-11(13-6-2-3-7-13)14-9-12-5-4-8-15-10-12/h11-14H,2-10H2,1H3/t11-,12?/m0/s1. The minimum Gasteiger partial charge on any atom is -0.381 e. The molecule has 15 heavy (non-hydrogen) atoms. The van der Waals surface area contributed by atoms with Crippen LogP contribution in [0, 0.1) is 11.8 Å². The average molecular weight is 211 g/mol. The Labute approximate surface area is 93.8 Å². The quantitative estimate of drug-likeness (QED) is 0.771. The van der Waals surface area contributed by atoms with E-state index in [1.807, 2.05) is 0 Å². The Hall–Kier alpha value is -0.0800. The first kappa shape index (κ1) is 11.4. The largest absolute Gasteiger partial charge is 0.381 e. The molecule has 88 valence electrons. The van der Waals surface area contributed by atoms with Crippen LogP contribution in [0.1, 0.15) is 45.4 Å². The molecule has 0 aromatic rings. The molecule has 1 aliphatic heterocycles. The molecule has 1 heterocycles. The van der Waals surface area contributed by atoms with Crippen molar-refractivity contribution >= 4 is 0 Å². The zero-order valence-corrected chi connectivity index (χ0v) is 10.0. The lowest BCUT2D eigenvalue weighted by molar-refractivity contribution is 0.0532. The van der Waals surface area contributed by atoms with E-state index in [2.05, 4.69) is 12.2 Å². The van der Waals surface area contributed by atoms with Crippen LogP contribution in [0.15, 0.2) is 0 Å². The average Bonchev–Trinajstić information content (AvgIpc) is 2.81. The summed E-state index contributed by atoms with van der Waals surface area (Å²) in [4.78, 5) is 0. The van der Waals surface area contributed by atoms with Gasteiger partial charge in [-0.2, -0.15) is 0 Å². The molecule has 2 rings (SSSR count). The van der Waals surface area contributed by atoms with Crippen LogP contribution in [0.3, 0.4) is 0 Å². The van der Waals surface area contributed by atoms with E-state index >= 15 is 0 Å². The van der Waals surface area contributed by atoms with Gasteiger partial charge in [0, 0.05) is 19.2 Å². The molecule has 2 aliphatic rings. The zero-order valence-electron chi connectivity index (χ0n) is 10.0. The summed E-state index contributed by atoms with van der Waals surface area (Å²) in [5.41, 5.74) is 0. The van der Waals surface area contributed by atoms with E-state index in [0.717, 1.165) is 37.6 Å². The van der Waals surface area contributed by atoms with Crippen LogP contribution in [0.2, 0.25) is 0 Å². The molecule has 2 nitrogen and oxygen atoms in total. The number of rotatable bonds is 4. The highest BCUT2D eigenvalue weighted by Crippen LogP contribution is 2.27. The van der Waals surface area contributed by atoms with Gasteiger partial charge >= 0.3 is 0 Å². The molecule has 2 heteroatoms. The smallest absolute Gasteiger partial charge is 0.0506 e. The highest BCUT2D eigenvalue weighted by atomic mass is 16.5. The van der Waals surface area contributed by atoms with Crippen molar-refractivity contribution in [3.63, 3.8) is 0 Å². The van der Waals surface area contributed by atoms with Crippen LogP contribution in [0.4, 0.5) is 0 Å². The lowest BCUT2D eigenvalue weighted by Gasteiger charge is -2.26. The number of hydrogen-bond donors (Lipinski definition) is 1. The van der Waals surface area contributed by atoms with Gasteiger partial charge in [-0.1, -0.05) is 12.8 Å². The van der Waals surface area contributed by atoms with Crippen molar-refractivity contribution in [2.24, 2.45) is 11.8 Å². The third-order valence-electron chi connectivity index (χ3n) is 4.09. The lowest BCUT2D eigenvalue weighted by atomic mass is 9.97. The third kappa shape index (κ3) is 3.46. The fourth-order valence-electron chi connectivity index (χ4n) is 2.95. The van der Waals surface area contributed by atoms with Gasteiger partial charge in [0.2, 0.25) is 0 Å². The van der Waals surface area contributed by atoms with Crippen LogP contribution in [-0.4, -0.2) is 25.8 Å². The van der Waals surface area contributed by atoms with Gasteiger partial charge in [-0.3, -0.25) is 0 Å². The molecule has 0 amide bonds. The molecule has 2 atom stereocenters. The maximum absolute atomic E-state index is 5.50. The lowest BCUT2D eigenvalue weighted by Crippen LogP contribution is -2.38. The van der Waals surface area contributed by atoms with Gasteiger partial charge in [0.05, 0.1) is 6.61 Å². The summed E-state index contributed by atoms with van der Waals surface area (Å²) in [5, 5.41) is 3.71. The van der Waals surface area contributed by atoms with Crippen LogP contribution in [0.25, 0.3) is 0 Å². The summed E-state index contributed by atoms with van der Waals surface area (Å²) in [7, 11) is 0. The molecule has 0 radical (unpaired) electrons. The van der Waals surface area contributed by atoms with Gasteiger partial charge < -0.3 is 10.1 Å². The van der Waals surface area contributed by atoms with Crippen molar-refractivity contribution < 1.29 is 4.74 Å². The second-order valence-electron chi connectivity index (χ2n) is 5.32. The first-order valence-electron chi connectivity index (χ1n) is 6.67. The van der Waals surface area contributed by atoms with Crippen molar-refractivity contribution in [2.45, 2.75) is 51.5 Å². The Balaban J connectivity index is 1.63. The Morgan fingerprint density at radius 2 is 2.00 bits per heavy atom. The molecular formula is C13H25NO. The Morgan fingerprint density at radius 3 is 2.67 bits per heavy atom. The van der Waals surface area contributed by atoms with E-state index in [1.54, 1.807) is 0 Å². The van der Waals surface area contributed by atoms with Crippen LogP contribution < -0.4 is 5.32 Å². The van der Waals surface area contributed by atoms with Gasteiger partial charge in [0.1, 0.15) is 0 Å². The Morgan fingerprint density at radius 1 is 1.20 bits per heavy atom. The van der Waals surface area contributed by atoms with Crippen molar-refractivity contribution in [3.05, 3.63) is 0 Å². The van der Waals surface area contributed by atoms with Crippen LogP contribution in [0.5, 0.6) is 0 Å². The first-order chi connectivity index (χ1) is 7.36. The Bertz CT molecular complexity index is 171. The summed E-state index contributed by atoms with van der Waals surface area (Å²) in [6.45, 7) is 5.48. The molecular weight excluding hydrogens is 186 g/mol. The highest BCUT2D eigenvalue weighted by molar-refractivity contribution is 4.78. The Kier molecular flexibility index (Phi) is 4.45. The van der Waals surface area contributed by atoms with Crippen molar-refractivity contribution in [2.75, 3.05) is 19.8 Å². The molecule has 1 saturated carbocycles.